The van der Waals surface area contributed by atoms with E-state index in [1.54, 1.807) is 18.2 Å². The molecule has 0 bridgehead atoms. The Labute approximate surface area is 143 Å². The Hall–Kier alpha value is -2.14. The second-order valence-corrected chi connectivity index (χ2v) is 6.17. The minimum atomic E-state index is -0.878. The summed E-state index contributed by atoms with van der Waals surface area (Å²) in [6.07, 6.45) is 0. The van der Waals surface area contributed by atoms with Crippen molar-refractivity contribution in [3.63, 3.8) is 0 Å². The highest BCUT2D eigenvalue weighted by molar-refractivity contribution is 9.10. The molecular formula is C18H19BrO4. The SMILES string of the molecule is Cc1cc(Br)cc(C(=O)O)c1C.Cc1cccc(C(=O)O)c1C. The zero-order valence-electron chi connectivity index (χ0n) is 13.5. The second kappa shape index (κ2) is 7.92. The van der Waals surface area contributed by atoms with Crippen LogP contribution in [0.2, 0.25) is 0 Å². The molecule has 0 saturated heterocycles. The Bertz CT molecular complexity index is 751. The van der Waals surface area contributed by atoms with Crippen LogP contribution in [0.4, 0.5) is 0 Å². The molecule has 0 amide bonds. The van der Waals surface area contributed by atoms with Crippen molar-refractivity contribution < 1.29 is 19.8 Å². The highest BCUT2D eigenvalue weighted by atomic mass is 79.9. The predicted octanol–water partition coefficient (Wildman–Crippen LogP) is 4.77. The molecule has 122 valence electrons. The molecule has 2 N–H and O–H groups in total. The number of halogens is 1. The lowest BCUT2D eigenvalue weighted by atomic mass is 10.0. The molecule has 0 fully saturated rings. The van der Waals surface area contributed by atoms with Crippen molar-refractivity contribution in [2.45, 2.75) is 27.7 Å². The van der Waals surface area contributed by atoms with E-state index in [2.05, 4.69) is 15.9 Å². The molecule has 5 heteroatoms. The van der Waals surface area contributed by atoms with Gasteiger partial charge in [-0.05, 0) is 68.1 Å². The molecular weight excluding hydrogens is 360 g/mol. The number of carboxylic acid groups (broad SMARTS) is 2. The highest BCUT2D eigenvalue weighted by Gasteiger charge is 2.09. The van der Waals surface area contributed by atoms with E-state index in [9.17, 15) is 9.59 Å². The van der Waals surface area contributed by atoms with Gasteiger partial charge < -0.3 is 10.2 Å². The Morgan fingerprint density at radius 3 is 1.83 bits per heavy atom. The molecule has 0 aliphatic rings. The number of aryl methyl sites for hydroxylation is 2. The summed E-state index contributed by atoms with van der Waals surface area (Å²) in [4.78, 5) is 21.3. The molecule has 0 radical (unpaired) electrons. The van der Waals surface area contributed by atoms with Crippen molar-refractivity contribution in [2.75, 3.05) is 0 Å². The first-order valence-corrected chi connectivity index (χ1v) is 7.74. The second-order valence-electron chi connectivity index (χ2n) is 5.25. The minimum absolute atomic E-state index is 0.363. The smallest absolute Gasteiger partial charge is 0.336 e. The van der Waals surface area contributed by atoms with E-state index in [-0.39, 0.29) is 0 Å². The van der Waals surface area contributed by atoms with E-state index < -0.39 is 11.9 Å². The van der Waals surface area contributed by atoms with Gasteiger partial charge in [0.25, 0.3) is 0 Å². The molecule has 2 aromatic carbocycles. The quantitative estimate of drug-likeness (QED) is 0.789. The van der Waals surface area contributed by atoms with Crippen molar-refractivity contribution in [2.24, 2.45) is 0 Å². The van der Waals surface area contributed by atoms with Crippen LogP contribution in [-0.2, 0) is 0 Å². The molecule has 0 aromatic heterocycles. The first-order valence-electron chi connectivity index (χ1n) is 6.94. The first-order chi connectivity index (χ1) is 10.6. The van der Waals surface area contributed by atoms with Gasteiger partial charge in [-0.2, -0.15) is 0 Å². The van der Waals surface area contributed by atoms with Crippen LogP contribution in [0.1, 0.15) is 43.0 Å². The Morgan fingerprint density at radius 1 is 0.826 bits per heavy atom. The summed E-state index contributed by atoms with van der Waals surface area (Å²) in [5.41, 5.74) is 4.43. The average Bonchev–Trinajstić information content (AvgIpc) is 2.46. The monoisotopic (exact) mass is 378 g/mol. The lowest BCUT2D eigenvalue weighted by molar-refractivity contribution is 0.0685. The molecule has 0 aliphatic heterocycles. The van der Waals surface area contributed by atoms with E-state index >= 15 is 0 Å². The van der Waals surface area contributed by atoms with Gasteiger partial charge in [-0.15, -0.1) is 0 Å². The van der Waals surface area contributed by atoms with Crippen molar-refractivity contribution in [3.8, 4) is 0 Å². The molecule has 0 aliphatic carbocycles. The average molecular weight is 379 g/mol. The molecule has 2 rings (SSSR count). The van der Waals surface area contributed by atoms with E-state index in [1.807, 2.05) is 39.8 Å². The summed E-state index contributed by atoms with van der Waals surface area (Å²) in [6, 6.07) is 8.80. The van der Waals surface area contributed by atoms with E-state index in [0.717, 1.165) is 26.7 Å². The normalized spacial score (nSPS) is 9.78. The van der Waals surface area contributed by atoms with Crippen LogP contribution in [0.15, 0.2) is 34.8 Å². The van der Waals surface area contributed by atoms with Crippen molar-refractivity contribution in [1.29, 1.82) is 0 Å². The zero-order valence-corrected chi connectivity index (χ0v) is 15.1. The lowest BCUT2D eigenvalue weighted by Gasteiger charge is -2.04. The van der Waals surface area contributed by atoms with Crippen LogP contribution in [0.3, 0.4) is 0 Å². The summed E-state index contributed by atoms with van der Waals surface area (Å²) in [5, 5.41) is 17.5. The van der Waals surface area contributed by atoms with E-state index in [4.69, 9.17) is 10.2 Å². The summed E-state index contributed by atoms with van der Waals surface area (Å²) in [6.45, 7) is 7.43. The van der Waals surface area contributed by atoms with Crippen molar-refractivity contribution in [3.05, 3.63) is 68.2 Å². The van der Waals surface area contributed by atoms with Crippen LogP contribution in [0.25, 0.3) is 0 Å². The maximum Gasteiger partial charge on any atom is 0.336 e. The Balaban J connectivity index is 0.000000231. The molecule has 4 nitrogen and oxygen atoms in total. The van der Waals surface area contributed by atoms with Crippen LogP contribution in [0.5, 0.6) is 0 Å². The molecule has 0 unspecified atom stereocenters. The largest absolute Gasteiger partial charge is 0.478 e. The number of carboxylic acids is 2. The number of rotatable bonds is 2. The van der Waals surface area contributed by atoms with Gasteiger partial charge in [0.1, 0.15) is 0 Å². The third-order valence-corrected chi connectivity index (χ3v) is 4.16. The van der Waals surface area contributed by atoms with Gasteiger partial charge in [-0.1, -0.05) is 28.1 Å². The van der Waals surface area contributed by atoms with Gasteiger partial charge in [0.15, 0.2) is 0 Å². The minimum Gasteiger partial charge on any atom is -0.478 e. The first kappa shape index (κ1) is 18.9. The third-order valence-electron chi connectivity index (χ3n) is 3.70. The molecule has 0 atom stereocenters. The van der Waals surface area contributed by atoms with Gasteiger partial charge in [0, 0.05) is 4.47 Å². The predicted molar refractivity (Wildman–Crippen MR) is 93.5 cm³/mol. The van der Waals surface area contributed by atoms with Crippen LogP contribution >= 0.6 is 15.9 Å². The molecule has 23 heavy (non-hydrogen) atoms. The fourth-order valence-electron chi connectivity index (χ4n) is 2.02. The summed E-state index contributed by atoms with van der Waals surface area (Å²) < 4.78 is 0.808. The highest BCUT2D eigenvalue weighted by Crippen LogP contribution is 2.20. The third kappa shape index (κ3) is 4.93. The lowest BCUT2D eigenvalue weighted by Crippen LogP contribution is -2.01. The van der Waals surface area contributed by atoms with Crippen LogP contribution < -0.4 is 0 Å². The van der Waals surface area contributed by atoms with Crippen molar-refractivity contribution >= 4 is 27.9 Å². The number of benzene rings is 2. The fraction of sp³-hybridized carbons (Fsp3) is 0.222. The topological polar surface area (TPSA) is 74.6 Å². The summed E-state index contributed by atoms with van der Waals surface area (Å²) >= 11 is 3.25. The zero-order chi connectivity index (χ0) is 17.7. The van der Waals surface area contributed by atoms with Crippen LogP contribution in [-0.4, -0.2) is 22.2 Å². The van der Waals surface area contributed by atoms with Crippen molar-refractivity contribution in [1.82, 2.24) is 0 Å². The Morgan fingerprint density at radius 2 is 1.35 bits per heavy atom. The number of carbonyl (C=O) groups is 2. The summed E-state index contributed by atoms with van der Waals surface area (Å²) in [5.74, 6) is -1.73. The van der Waals surface area contributed by atoms with Crippen LogP contribution in [0, 0.1) is 27.7 Å². The fourth-order valence-corrected chi connectivity index (χ4v) is 2.59. The van der Waals surface area contributed by atoms with E-state index in [1.165, 1.54) is 0 Å². The molecule has 0 spiro atoms. The molecule has 2 aromatic rings. The van der Waals surface area contributed by atoms with Gasteiger partial charge in [-0.25, -0.2) is 9.59 Å². The van der Waals surface area contributed by atoms with Gasteiger partial charge >= 0.3 is 11.9 Å². The number of hydrogen-bond donors (Lipinski definition) is 2. The molecule has 0 heterocycles. The Kier molecular flexibility index (Phi) is 6.51. The maximum atomic E-state index is 10.7. The maximum absolute atomic E-state index is 10.7. The molecule has 0 saturated carbocycles. The van der Waals surface area contributed by atoms with Gasteiger partial charge in [0.2, 0.25) is 0 Å². The van der Waals surface area contributed by atoms with E-state index in [0.29, 0.717) is 11.1 Å². The number of aromatic carboxylic acids is 2. The number of hydrogen-bond acceptors (Lipinski definition) is 2. The van der Waals surface area contributed by atoms with Gasteiger partial charge in [-0.3, -0.25) is 0 Å². The standard InChI is InChI=1S/C9H9BrO2.C9H10O2/c1-5-3-7(10)4-8(6(5)2)9(11)12;1-6-4-3-5-8(7(6)2)9(10)11/h3-4H,1-2H3,(H,11,12);3-5H,1-2H3,(H,10,11). The van der Waals surface area contributed by atoms with Gasteiger partial charge in [0.05, 0.1) is 11.1 Å². The summed E-state index contributed by atoms with van der Waals surface area (Å²) in [7, 11) is 0.